The zero-order valence-corrected chi connectivity index (χ0v) is 31.8. The topological polar surface area (TPSA) is 156 Å². The van der Waals surface area contributed by atoms with E-state index in [2.05, 4.69) is 72.8 Å². The summed E-state index contributed by atoms with van der Waals surface area (Å²) in [6.45, 7) is 8.31. The molecule has 14 nitrogen and oxygen atoms in total. The minimum absolute atomic E-state index is 0. The maximum absolute atomic E-state index is 14.3. The molecule has 55 heavy (non-hydrogen) atoms. The summed E-state index contributed by atoms with van der Waals surface area (Å²) >= 11 is 0. The number of nitrogens with one attached hydrogen (secondary N) is 1. The largest absolute Gasteiger partial charge is 1.00 e. The molecular weight excluding hydrogens is 693 g/mol. The molecule has 1 N–H and O–H groups in total. The molecule has 0 saturated carbocycles. The van der Waals surface area contributed by atoms with E-state index in [9.17, 15) is 14.7 Å². The standard InChI is InChI=1S/C40H49N9O5.Li/c1-2-53-26-24-48-35-12-7-6-11-34(35)43-39(48)42-31-16-20-46(21-17-31)22-18-40(30-9-4-3-5-10-30)19-23-47(28-40)38(52)33-27-32(49-29-41-44-45-49)14-15-36(33)54-25-8-13-37(50)51;/h3-7,9-12,14-15,27,29,31H,2,8,13,16-26,28H2,1H3,(H,42,43)(H,50,51);/q;+1/p-1. The molecule has 284 valence electrons. The Morgan fingerprint density at radius 1 is 0.982 bits per heavy atom. The van der Waals surface area contributed by atoms with E-state index in [1.165, 1.54) is 16.6 Å². The number of para-hydroxylation sites is 2. The number of carbonyl (C=O) groups is 2. The summed E-state index contributed by atoms with van der Waals surface area (Å²) in [7, 11) is 0. The molecule has 3 aromatic carbocycles. The molecule has 7 rings (SSSR count). The summed E-state index contributed by atoms with van der Waals surface area (Å²) in [6.07, 6.45) is 5.41. The van der Waals surface area contributed by atoms with E-state index in [0.29, 0.717) is 49.3 Å². The number of nitrogens with zero attached hydrogens (tertiary/aromatic N) is 8. The van der Waals surface area contributed by atoms with Crippen molar-refractivity contribution in [1.29, 1.82) is 0 Å². The molecule has 15 heteroatoms. The number of anilines is 1. The number of likely N-dealkylation sites (tertiary alicyclic amines) is 2. The molecule has 4 heterocycles. The molecule has 1 amide bonds. The van der Waals surface area contributed by atoms with Gasteiger partial charge in [-0.3, -0.25) is 4.79 Å². The van der Waals surface area contributed by atoms with Gasteiger partial charge >= 0.3 is 18.9 Å². The number of carbonyl (C=O) groups excluding carboxylic acids is 2. The van der Waals surface area contributed by atoms with E-state index >= 15 is 0 Å². The third kappa shape index (κ3) is 9.56. The number of hydrogen-bond donors (Lipinski definition) is 1. The third-order valence-electron chi connectivity index (χ3n) is 10.8. The van der Waals surface area contributed by atoms with Crippen molar-refractivity contribution >= 4 is 28.9 Å². The number of hydrogen-bond acceptors (Lipinski definition) is 11. The van der Waals surface area contributed by atoms with E-state index in [1.807, 2.05) is 24.0 Å². The van der Waals surface area contributed by atoms with Gasteiger partial charge in [0.25, 0.3) is 5.91 Å². The first-order valence-corrected chi connectivity index (χ1v) is 19.0. The molecule has 2 aliphatic heterocycles. The summed E-state index contributed by atoms with van der Waals surface area (Å²) in [5.74, 6) is 0.0262. The van der Waals surface area contributed by atoms with Crippen molar-refractivity contribution in [2.24, 2.45) is 0 Å². The van der Waals surface area contributed by atoms with E-state index in [-0.39, 0.29) is 49.6 Å². The van der Waals surface area contributed by atoms with Crippen molar-refractivity contribution in [3.8, 4) is 11.4 Å². The van der Waals surface area contributed by atoms with Crippen LogP contribution in [0.15, 0.2) is 79.1 Å². The smallest absolute Gasteiger partial charge is 0.550 e. The van der Waals surface area contributed by atoms with Crippen molar-refractivity contribution in [2.75, 3.05) is 57.9 Å². The zero-order chi connectivity index (χ0) is 37.3. The summed E-state index contributed by atoms with van der Waals surface area (Å²) < 4.78 is 15.4. The van der Waals surface area contributed by atoms with Gasteiger partial charge in [-0.2, -0.15) is 0 Å². The second-order valence-electron chi connectivity index (χ2n) is 14.2. The Labute approximate surface area is 333 Å². The minimum Gasteiger partial charge on any atom is -0.550 e. The van der Waals surface area contributed by atoms with Gasteiger partial charge in [-0.25, -0.2) is 9.67 Å². The van der Waals surface area contributed by atoms with Gasteiger partial charge in [0, 0.05) is 56.8 Å². The van der Waals surface area contributed by atoms with Crippen molar-refractivity contribution in [3.63, 3.8) is 0 Å². The second-order valence-corrected chi connectivity index (χ2v) is 14.2. The summed E-state index contributed by atoms with van der Waals surface area (Å²) in [6, 6.07) is 24.4. The number of piperidine rings is 1. The van der Waals surface area contributed by atoms with Gasteiger partial charge in [0.05, 0.1) is 35.5 Å². The third-order valence-corrected chi connectivity index (χ3v) is 10.8. The Morgan fingerprint density at radius 2 is 1.78 bits per heavy atom. The van der Waals surface area contributed by atoms with E-state index in [1.54, 1.807) is 18.2 Å². The minimum atomic E-state index is -1.13. The van der Waals surface area contributed by atoms with Gasteiger partial charge < -0.3 is 39.1 Å². The van der Waals surface area contributed by atoms with Gasteiger partial charge in [0.1, 0.15) is 12.1 Å². The van der Waals surface area contributed by atoms with Crippen LogP contribution >= 0.6 is 0 Å². The first-order chi connectivity index (χ1) is 26.4. The Bertz CT molecular complexity index is 2000. The fourth-order valence-corrected chi connectivity index (χ4v) is 7.79. The van der Waals surface area contributed by atoms with Crippen LogP contribution in [0.4, 0.5) is 5.95 Å². The molecular formula is C40H48LiN9O5. The van der Waals surface area contributed by atoms with Crippen LogP contribution in [0.2, 0.25) is 0 Å². The molecule has 0 radical (unpaired) electrons. The summed E-state index contributed by atoms with van der Waals surface area (Å²) in [5, 5.41) is 26.2. The van der Waals surface area contributed by atoms with Gasteiger partial charge in [0.2, 0.25) is 5.95 Å². The number of carboxylic acids is 1. The number of aliphatic carboxylic acids is 1. The number of amides is 1. The van der Waals surface area contributed by atoms with E-state index in [0.717, 1.165) is 68.8 Å². The first kappa shape index (κ1) is 39.9. The average Bonchev–Trinajstić information content (AvgIpc) is 3.97. The predicted octanol–water partition coefficient (Wildman–Crippen LogP) is 0.712. The number of imidazole rings is 1. The monoisotopic (exact) mass is 741 g/mol. The second kappa shape index (κ2) is 18.7. The van der Waals surface area contributed by atoms with Crippen LogP contribution in [0.1, 0.15) is 61.4 Å². The number of benzene rings is 3. The first-order valence-electron chi connectivity index (χ1n) is 19.0. The molecule has 2 aromatic heterocycles. The number of ether oxygens (including phenoxy) is 2. The molecule has 2 aliphatic rings. The predicted molar refractivity (Wildman–Crippen MR) is 201 cm³/mol. The fourth-order valence-electron chi connectivity index (χ4n) is 7.79. The van der Waals surface area contributed by atoms with E-state index in [4.69, 9.17) is 14.5 Å². The van der Waals surface area contributed by atoms with Crippen molar-refractivity contribution in [1.82, 2.24) is 39.6 Å². The van der Waals surface area contributed by atoms with Gasteiger partial charge in [-0.1, -0.05) is 42.5 Å². The Morgan fingerprint density at radius 3 is 2.55 bits per heavy atom. The van der Waals surface area contributed by atoms with Crippen LogP contribution in [-0.4, -0.2) is 110 Å². The van der Waals surface area contributed by atoms with Crippen LogP contribution in [0.5, 0.6) is 5.75 Å². The molecule has 1 atom stereocenters. The van der Waals surface area contributed by atoms with Crippen LogP contribution in [0, 0.1) is 0 Å². The molecule has 5 aromatic rings. The molecule has 0 bridgehead atoms. The molecule has 2 fully saturated rings. The average molecular weight is 742 g/mol. The van der Waals surface area contributed by atoms with Gasteiger partial charge in [0.15, 0.2) is 0 Å². The molecule has 2 saturated heterocycles. The van der Waals surface area contributed by atoms with Gasteiger partial charge in [-0.05, 0) is 98.3 Å². The zero-order valence-electron chi connectivity index (χ0n) is 31.8. The van der Waals surface area contributed by atoms with Crippen molar-refractivity contribution < 1.29 is 43.0 Å². The van der Waals surface area contributed by atoms with Crippen LogP contribution < -0.4 is 34.0 Å². The maximum Gasteiger partial charge on any atom is 1.00 e. The van der Waals surface area contributed by atoms with Gasteiger partial charge in [-0.15, -0.1) is 5.10 Å². The van der Waals surface area contributed by atoms with Crippen LogP contribution in [-0.2, 0) is 21.5 Å². The van der Waals surface area contributed by atoms with Crippen molar-refractivity contribution in [3.05, 3.63) is 90.3 Å². The number of fused-ring (bicyclic) bond motifs is 1. The number of aromatic nitrogens is 6. The maximum atomic E-state index is 14.3. The van der Waals surface area contributed by atoms with Crippen LogP contribution in [0.3, 0.4) is 0 Å². The van der Waals surface area contributed by atoms with Crippen molar-refractivity contribution in [2.45, 2.75) is 63.5 Å². The number of tetrazole rings is 1. The molecule has 1 unspecified atom stereocenters. The molecule has 0 aliphatic carbocycles. The Balaban J connectivity index is 0.00000514. The van der Waals surface area contributed by atoms with E-state index < -0.39 is 5.97 Å². The summed E-state index contributed by atoms with van der Waals surface area (Å²) in [5.41, 5.74) is 4.15. The van der Waals surface area contributed by atoms with Crippen LogP contribution in [0.25, 0.3) is 16.7 Å². The fraction of sp³-hybridized carbons (Fsp3) is 0.450. The quantitative estimate of drug-likeness (QED) is 0.106. The molecule has 0 spiro atoms. The normalized spacial score (nSPS) is 17.7. The Kier molecular flexibility index (Phi) is 13.6. The summed E-state index contributed by atoms with van der Waals surface area (Å²) in [4.78, 5) is 34.7. The Hall–Kier alpha value is -4.74. The SMILES string of the molecule is CCOCCn1c(NC2CCN(CCC3(c4ccccc4)CCN(C(=O)c4cc(-n5cnnn5)ccc4OCCCC(=O)[O-])C3)CC2)nc2ccccc21.[Li+]. The number of carboxylic acid groups (broad SMARTS) is 1. The number of rotatable bonds is 17.